The fourth-order valence-electron chi connectivity index (χ4n) is 4.68. The molecule has 0 bridgehead atoms. The Morgan fingerprint density at radius 3 is 1.66 bits per heavy atom. The van der Waals surface area contributed by atoms with Gasteiger partial charge in [-0.2, -0.15) is 0 Å². The van der Waals surface area contributed by atoms with Crippen LogP contribution in [0.5, 0.6) is 0 Å². The van der Waals surface area contributed by atoms with Crippen molar-refractivity contribution in [3.63, 3.8) is 0 Å². The molecule has 0 aliphatic carbocycles. The molecule has 224 valence electrons. The summed E-state index contributed by atoms with van der Waals surface area (Å²) in [5.41, 5.74) is 0. The summed E-state index contributed by atoms with van der Waals surface area (Å²) in [6.07, 6.45) is 31.5. The van der Waals surface area contributed by atoms with Gasteiger partial charge in [0.2, 0.25) is 5.91 Å². The summed E-state index contributed by atoms with van der Waals surface area (Å²) in [5.74, 6) is -0.329. The molecule has 0 fully saturated rings. The first kappa shape index (κ1) is 36.8. The van der Waals surface area contributed by atoms with E-state index < -0.39 is 18.2 Å². The van der Waals surface area contributed by atoms with Crippen LogP contribution in [0.2, 0.25) is 0 Å². The zero-order valence-corrected chi connectivity index (χ0v) is 25.1. The van der Waals surface area contributed by atoms with E-state index in [2.05, 4.69) is 31.3 Å². The highest BCUT2D eigenvalue weighted by Gasteiger charge is 2.20. The van der Waals surface area contributed by atoms with Crippen LogP contribution in [-0.4, -0.2) is 46.1 Å². The Labute approximate surface area is 235 Å². The Balaban J connectivity index is 3.83. The van der Waals surface area contributed by atoms with Crippen molar-refractivity contribution in [2.75, 3.05) is 6.61 Å². The summed E-state index contributed by atoms with van der Waals surface area (Å²) in [6, 6.07) is -0.743. The van der Waals surface area contributed by atoms with E-state index >= 15 is 0 Å². The van der Waals surface area contributed by atoms with Crippen molar-refractivity contribution < 1.29 is 20.1 Å². The van der Waals surface area contributed by atoms with Gasteiger partial charge in [-0.25, -0.2) is 0 Å². The summed E-state index contributed by atoms with van der Waals surface area (Å²) in [6.45, 7) is 4.14. The lowest BCUT2D eigenvalue weighted by Crippen LogP contribution is -2.45. The molecule has 3 unspecified atom stereocenters. The number of allylic oxidation sites excluding steroid dienone is 3. The van der Waals surface area contributed by atoms with Gasteiger partial charge in [0.05, 0.1) is 31.3 Å². The number of carbonyl (C=O) groups excluding carboxylic acids is 1. The third kappa shape index (κ3) is 25.1. The third-order valence-electron chi connectivity index (χ3n) is 7.23. The van der Waals surface area contributed by atoms with E-state index in [0.717, 1.165) is 38.5 Å². The second-order valence-corrected chi connectivity index (χ2v) is 11.1. The molecule has 0 saturated carbocycles. The van der Waals surface area contributed by atoms with Gasteiger partial charge < -0.3 is 20.6 Å². The van der Waals surface area contributed by atoms with Crippen molar-refractivity contribution >= 4 is 5.91 Å². The van der Waals surface area contributed by atoms with Crippen LogP contribution < -0.4 is 5.32 Å². The molecule has 0 heterocycles. The van der Waals surface area contributed by atoms with Gasteiger partial charge in [-0.05, 0) is 44.9 Å². The molecule has 3 atom stereocenters. The highest BCUT2D eigenvalue weighted by molar-refractivity contribution is 5.76. The quantitative estimate of drug-likeness (QED) is 0.0603. The molecule has 38 heavy (non-hydrogen) atoms. The summed E-state index contributed by atoms with van der Waals surface area (Å²) in [4.78, 5) is 12.3. The summed E-state index contributed by atoms with van der Waals surface area (Å²) in [5, 5.41) is 32.8. The van der Waals surface area contributed by atoms with Crippen LogP contribution in [0, 0.1) is 0 Å². The van der Waals surface area contributed by atoms with Crippen molar-refractivity contribution in [3.8, 4) is 0 Å². The monoisotopic (exact) mass is 537 g/mol. The van der Waals surface area contributed by atoms with Gasteiger partial charge in [-0.1, -0.05) is 128 Å². The standard InChI is InChI=1S/C33H63NO4/c1-3-5-7-9-11-13-15-16-17-19-21-23-25-27-32(37)31(29-35)34-33(38)28-30(36)26-24-22-20-18-14-12-10-8-6-4-2/h12,14,25,27,30-32,35-37H,3-11,13,15-24,26,28-29H2,1-2H3,(H,34,38)/b14-12-,27-25+. The SMILES string of the molecule is CCCCC/C=C\CCCCCC(O)CC(=O)NC(CO)C(O)/C=C/CCCCCCCCCCCCC. The molecule has 0 radical (unpaired) electrons. The van der Waals surface area contributed by atoms with E-state index in [4.69, 9.17) is 0 Å². The maximum atomic E-state index is 12.3. The number of amides is 1. The molecule has 5 heteroatoms. The van der Waals surface area contributed by atoms with Crippen molar-refractivity contribution in [3.05, 3.63) is 24.3 Å². The van der Waals surface area contributed by atoms with Gasteiger partial charge in [-0.15, -0.1) is 0 Å². The van der Waals surface area contributed by atoms with Crippen LogP contribution in [0.3, 0.4) is 0 Å². The fraction of sp³-hybridized carbons (Fsp3) is 0.848. The predicted octanol–water partition coefficient (Wildman–Crippen LogP) is 7.92. The van der Waals surface area contributed by atoms with Gasteiger partial charge in [0.15, 0.2) is 0 Å². The zero-order chi connectivity index (χ0) is 28.1. The van der Waals surface area contributed by atoms with E-state index in [9.17, 15) is 20.1 Å². The van der Waals surface area contributed by atoms with Crippen LogP contribution >= 0.6 is 0 Å². The van der Waals surface area contributed by atoms with Crippen LogP contribution in [0.1, 0.15) is 155 Å². The zero-order valence-electron chi connectivity index (χ0n) is 25.1. The van der Waals surface area contributed by atoms with Crippen LogP contribution in [0.4, 0.5) is 0 Å². The van der Waals surface area contributed by atoms with Gasteiger partial charge in [-0.3, -0.25) is 4.79 Å². The molecular formula is C33H63NO4. The lowest BCUT2D eigenvalue weighted by molar-refractivity contribution is -0.124. The Morgan fingerprint density at radius 1 is 0.658 bits per heavy atom. The van der Waals surface area contributed by atoms with E-state index in [0.29, 0.717) is 6.42 Å². The van der Waals surface area contributed by atoms with E-state index in [1.165, 1.54) is 89.9 Å². The van der Waals surface area contributed by atoms with Gasteiger partial charge in [0.1, 0.15) is 0 Å². The Morgan fingerprint density at radius 2 is 1.11 bits per heavy atom. The molecule has 0 rings (SSSR count). The van der Waals surface area contributed by atoms with Crippen LogP contribution in [0.15, 0.2) is 24.3 Å². The molecule has 0 spiro atoms. The second kappa shape index (κ2) is 28.8. The Kier molecular flexibility index (Phi) is 27.9. The number of rotatable bonds is 28. The third-order valence-corrected chi connectivity index (χ3v) is 7.23. The Hall–Kier alpha value is -1.17. The molecule has 0 aromatic heterocycles. The number of hydrogen-bond donors (Lipinski definition) is 4. The second-order valence-electron chi connectivity index (χ2n) is 11.1. The first-order chi connectivity index (χ1) is 18.5. The number of aliphatic hydroxyl groups is 3. The topological polar surface area (TPSA) is 89.8 Å². The lowest BCUT2D eigenvalue weighted by atomic mass is 10.0. The highest BCUT2D eigenvalue weighted by Crippen LogP contribution is 2.13. The number of carbonyl (C=O) groups is 1. The minimum atomic E-state index is -0.927. The average Bonchev–Trinajstić information content (AvgIpc) is 2.90. The van der Waals surface area contributed by atoms with Crippen molar-refractivity contribution in [1.29, 1.82) is 0 Å². The maximum Gasteiger partial charge on any atom is 0.222 e. The maximum absolute atomic E-state index is 12.3. The van der Waals surface area contributed by atoms with Gasteiger partial charge in [0, 0.05) is 0 Å². The summed E-state index contributed by atoms with van der Waals surface area (Å²) in [7, 11) is 0. The largest absolute Gasteiger partial charge is 0.394 e. The smallest absolute Gasteiger partial charge is 0.222 e. The Bertz CT molecular complexity index is 563. The highest BCUT2D eigenvalue weighted by atomic mass is 16.3. The number of nitrogens with one attached hydrogen (secondary N) is 1. The van der Waals surface area contributed by atoms with Crippen molar-refractivity contribution in [1.82, 2.24) is 5.32 Å². The molecule has 0 saturated heterocycles. The molecule has 5 nitrogen and oxygen atoms in total. The van der Waals surface area contributed by atoms with Crippen molar-refractivity contribution in [2.24, 2.45) is 0 Å². The van der Waals surface area contributed by atoms with Crippen LogP contribution in [-0.2, 0) is 4.79 Å². The normalized spacial score (nSPS) is 14.3. The van der Waals surface area contributed by atoms with Crippen LogP contribution in [0.25, 0.3) is 0 Å². The fourth-order valence-corrected chi connectivity index (χ4v) is 4.68. The van der Waals surface area contributed by atoms with E-state index in [-0.39, 0.29) is 18.9 Å². The van der Waals surface area contributed by atoms with Gasteiger partial charge in [0.25, 0.3) is 0 Å². The van der Waals surface area contributed by atoms with E-state index in [1.54, 1.807) is 6.08 Å². The predicted molar refractivity (Wildman–Crippen MR) is 162 cm³/mol. The molecule has 0 aliphatic heterocycles. The molecule has 1 amide bonds. The molecule has 4 N–H and O–H groups in total. The van der Waals surface area contributed by atoms with E-state index in [1.807, 2.05) is 6.08 Å². The average molecular weight is 538 g/mol. The first-order valence-corrected chi connectivity index (χ1v) is 16.1. The number of aliphatic hydroxyl groups excluding tert-OH is 3. The molecule has 0 aromatic carbocycles. The summed E-state index contributed by atoms with van der Waals surface area (Å²) >= 11 is 0. The minimum absolute atomic E-state index is 0.00298. The lowest BCUT2D eigenvalue weighted by Gasteiger charge is -2.21. The molecule has 0 aromatic rings. The van der Waals surface area contributed by atoms with Crippen molar-refractivity contribution in [2.45, 2.75) is 173 Å². The first-order valence-electron chi connectivity index (χ1n) is 16.1. The van der Waals surface area contributed by atoms with Gasteiger partial charge >= 0.3 is 0 Å². The number of unbranched alkanes of at least 4 members (excludes halogenated alkanes) is 17. The summed E-state index contributed by atoms with van der Waals surface area (Å²) < 4.78 is 0. The minimum Gasteiger partial charge on any atom is -0.394 e. The molecule has 0 aliphatic rings. The number of hydrogen-bond acceptors (Lipinski definition) is 4. The molecular weight excluding hydrogens is 474 g/mol.